The van der Waals surface area contributed by atoms with Gasteiger partial charge in [0.1, 0.15) is 0 Å². The molecule has 1 aliphatic rings. The zero-order valence-corrected chi connectivity index (χ0v) is 22.1. The lowest BCUT2D eigenvalue weighted by molar-refractivity contribution is 0.668. The fraction of sp³-hybridized carbons (Fsp3) is 0.257. The molecule has 1 aromatic heterocycles. The maximum Gasteiger partial charge on any atom is 0.0361 e. The first-order valence-electron chi connectivity index (χ1n) is 13.6. The first-order valence-corrected chi connectivity index (χ1v) is 14.5. The fourth-order valence-corrected chi connectivity index (χ4v) is 7.89. The van der Waals surface area contributed by atoms with Crippen LogP contribution < -0.4 is 0 Å². The smallest absolute Gasteiger partial charge is 0.0361 e. The van der Waals surface area contributed by atoms with E-state index >= 15 is 0 Å². The first-order chi connectivity index (χ1) is 17.7. The third-order valence-corrected chi connectivity index (χ3v) is 9.48. The number of benzene rings is 5. The Balaban J connectivity index is 1.54. The van der Waals surface area contributed by atoms with Gasteiger partial charge in [0.2, 0.25) is 0 Å². The van der Waals surface area contributed by atoms with Crippen LogP contribution >= 0.6 is 11.3 Å². The molecule has 36 heavy (non-hydrogen) atoms. The lowest BCUT2D eigenvalue weighted by atomic mass is 9.80. The van der Waals surface area contributed by atoms with Gasteiger partial charge in [0.25, 0.3) is 0 Å². The van der Waals surface area contributed by atoms with Crippen molar-refractivity contribution in [2.75, 3.05) is 0 Å². The molecule has 0 nitrogen and oxygen atoms in total. The minimum absolute atomic E-state index is 0.547. The molecule has 0 radical (unpaired) electrons. The van der Waals surface area contributed by atoms with Crippen molar-refractivity contribution in [1.82, 2.24) is 0 Å². The Bertz CT molecular complexity index is 1770. The molecule has 1 aliphatic carbocycles. The van der Waals surface area contributed by atoms with Gasteiger partial charge < -0.3 is 0 Å². The molecule has 0 saturated carbocycles. The van der Waals surface area contributed by atoms with Gasteiger partial charge in [0.05, 0.1) is 0 Å². The van der Waals surface area contributed by atoms with Gasteiger partial charge in [-0.15, -0.1) is 11.3 Å². The average molecular weight is 485 g/mol. The zero-order chi connectivity index (χ0) is 24.2. The standard InChI is InChI=1S/C35H32S/c1-3-4-5-6-15-27-21-33-35(31-20-26-14-10-8-12-24(26)18-29(27)31)34-30-19-25-13-9-7-11-23(25)17-28(30)22(2)16-32(34)36-33/h7-14,17-22H,3-6,15-16H2,1-2H3. The van der Waals surface area contributed by atoms with Crippen molar-refractivity contribution in [3.8, 4) is 11.1 Å². The largest absolute Gasteiger partial charge is 0.140 e. The predicted molar refractivity (Wildman–Crippen MR) is 160 cm³/mol. The summed E-state index contributed by atoms with van der Waals surface area (Å²) in [5.41, 5.74) is 6.01. The summed E-state index contributed by atoms with van der Waals surface area (Å²) in [4.78, 5) is 1.57. The van der Waals surface area contributed by atoms with Crippen LogP contribution in [-0.4, -0.2) is 0 Å². The molecule has 1 heteroatoms. The third kappa shape index (κ3) is 3.48. The summed E-state index contributed by atoms with van der Waals surface area (Å²) in [6.07, 6.45) is 7.53. The van der Waals surface area contributed by atoms with Gasteiger partial charge in [-0.2, -0.15) is 0 Å². The highest BCUT2D eigenvalue weighted by Crippen LogP contribution is 2.51. The van der Waals surface area contributed by atoms with Crippen molar-refractivity contribution in [3.05, 3.63) is 94.9 Å². The van der Waals surface area contributed by atoms with Crippen LogP contribution in [0.25, 0.3) is 53.5 Å². The Labute approximate surface area is 217 Å². The molecule has 1 atom stereocenters. The monoisotopic (exact) mass is 484 g/mol. The Hall–Kier alpha value is -3.16. The molecule has 0 saturated heterocycles. The Morgan fingerprint density at radius 2 is 1.42 bits per heavy atom. The Morgan fingerprint density at radius 3 is 2.14 bits per heavy atom. The van der Waals surface area contributed by atoms with E-state index in [0.717, 1.165) is 6.42 Å². The second-order valence-electron chi connectivity index (χ2n) is 10.8. The summed E-state index contributed by atoms with van der Waals surface area (Å²) in [7, 11) is 0. The summed E-state index contributed by atoms with van der Waals surface area (Å²) >= 11 is 2.05. The fourth-order valence-electron chi connectivity index (χ4n) is 6.46. The third-order valence-electron chi connectivity index (χ3n) is 8.32. The van der Waals surface area contributed by atoms with Gasteiger partial charge in [0.15, 0.2) is 0 Å². The van der Waals surface area contributed by atoms with Gasteiger partial charge in [-0.05, 0) is 98.5 Å². The normalized spacial score (nSPS) is 15.1. The van der Waals surface area contributed by atoms with Crippen molar-refractivity contribution in [2.24, 2.45) is 0 Å². The molecule has 1 unspecified atom stereocenters. The second kappa shape index (κ2) is 8.75. The first kappa shape index (κ1) is 22.1. The molecule has 178 valence electrons. The number of hydrogen-bond acceptors (Lipinski definition) is 1. The van der Waals surface area contributed by atoms with E-state index in [0.29, 0.717) is 5.92 Å². The number of thiophene rings is 1. The minimum Gasteiger partial charge on any atom is -0.140 e. The van der Waals surface area contributed by atoms with Crippen LogP contribution in [0.2, 0.25) is 0 Å². The van der Waals surface area contributed by atoms with E-state index in [-0.39, 0.29) is 0 Å². The highest BCUT2D eigenvalue weighted by molar-refractivity contribution is 7.20. The van der Waals surface area contributed by atoms with E-state index < -0.39 is 0 Å². The molecule has 6 aromatic rings. The van der Waals surface area contributed by atoms with Crippen LogP contribution in [-0.2, 0) is 12.8 Å². The van der Waals surface area contributed by atoms with Gasteiger partial charge in [0, 0.05) is 20.5 Å². The van der Waals surface area contributed by atoms with Crippen molar-refractivity contribution in [2.45, 2.75) is 58.3 Å². The molecule has 0 amide bonds. The zero-order valence-electron chi connectivity index (χ0n) is 21.2. The van der Waals surface area contributed by atoms with Crippen LogP contribution in [0.3, 0.4) is 0 Å². The molecule has 0 N–H and O–H groups in total. The highest BCUT2D eigenvalue weighted by Gasteiger charge is 2.27. The van der Waals surface area contributed by atoms with E-state index in [1.54, 1.807) is 4.88 Å². The lowest BCUT2D eigenvalue weighted by Gasteiger charge is -2.24. The molecule has 0 bridgehead atoms. The molecule has 0 fully saturated rings. The van der Waals surface area contributed by atoms with Crippen LogP contribution in [0.15, 0.2) is 78.9 Å². The van der Waals surface area contributed by atoms with Crippen LogP contribution in [0.1, 0.15) is 61.5 Å². The maximum atomic E-state index is 2.55. The van der Waals surface area contributed by atoms with Gasteiger partial charge in [-0.3, -0.25) is 0 Å². The van der Waals surface area contributed by atoms with Crippen LogP contribution in [0, 0.1) is 0 Å². The Kier molecular flexibility index (Phi) is 5.36. The van der Waals surface area contributed by atoms with Crippen molar-refractivity contribution in [1.29, 1.82) is 0 Å². The maximum absolute atomic E-state index is 2.55. The molecular weight excluding hydrogens is 452 g/mol. The SMILES string of the molecule is CCCCCCc1cc2sc3c(c2c2cc4ccccc4cc12)-c1cc2ccccc2cc1C(C)C3. The summed E-state index contributed by atoms with van der Waals surface area (Å²) in [5, 5.41) is 9.79. The topological polar surface area (TPSA) is 0 Å². The number of aryl methyl sites for hydroxylation is 1. The molecular formula is C35H32S. The summed E-state index contributed by atoms with van der Waals surface area (Å²) in [6.45, 7) is 4.71. The van der Waals surface area contributed by atoms with E-state index in [2.05, 4.69) is 104 Å². The average Bonchev–Trinajstić information content (AvgIpc) is 3.27. The number of hydrogen-bond donors (Lipinski definition) is 0. The van der Waals surface area contributed by atoms with Gasteiger partial charge in [-0.25, -0.2) is 0 Å². The second-order valence-corrected chi connectivity index (χ2v) is 11.9. The summed E-state index contributed by atoms with van der Waals surface area (Å²) < 4.78 is 1.47. The highest BCUT2D eigenvalue weighted by atomic mass is 32.1. The quantitative estimate of drug-likeness (QED) is 0.169. The number of fused-ring (bicyclic) bond motifs is 9. The summed E-state index contributed by atoms with van der Waals surface area (Å²) in [5.74, 6) is 0.547. The molecule has 5 aromatic carbocycles. The minimum atomic E-state index is 0.547. The van der Waals surface area contributed by atoms with E-state index in [1.807, 2.05) is 0 Å². The van der Waals surface area contributed by atoms with Gasteiger partial charge >= 0.3 is 0 Å². The molecule has 1 heterocycles. The lowest BCUT2D eigenvalue weighted by Crippen LogP contribution is -2.06. The predicted octanol–water partition coefficient (Wildman–Crippen LogP) is 10.8. The van der Waals surface area contributed by atoms with Gasteiger partial charge in [-0.1, -0.05) is 87.7 Å². The molecule has 7 rings (SSSR count). The van der Waals surface area contributed by atoms with E-state index in [9.17, 15) is 0 Å². The van der Waals surface area contributed by atoms with Crippen molar-refractivity contribution < 1.29 is 0 Å². The number of rotatable bonds is 5. The summed E-state index contributed by atoms with van der Waals surface area (Å²) in [6, 6.07) is 30.2. The Morgan fingerprint density at radius 1 is 0.750 bits per heavy atom. The van der Waals surface area contributed by atoms with E-state index in [4.69, 9.17) is 0 Å². The van der Waals surface area contributed by atoms with Crippen LogP contribution in [0.4, 0.5) is 0 Å². The number of unbranched alkanes of at least 4 members (excludes halogenated alkanes) is 3. The molecule has 0 spiro atoms. The van der Waals surface area contributed by atoms with E-state index in [1.165, 1.54) is 96.8 Å². The van der Waals surface area contributed by atoms with Crippen molar-refractivity contribution in [3.63, 3.8) is 0 Å². The molecule has 0 aliphatic heterocycles. The van der Waals surface area contributed by atoms with Crippen molar-refractivity contribution >= 4 is 53.7 Å². The van der Waals surface area contributed by atoms with Crippen LogP contribution in [0.5, 0.6) is 0 Å².